The van der Waals surface area contributed by atoms with Gasteiger partial charge in [-0.3, -0.25) is 4.79 Å². The van der Waals surface area contributed by atoms with Crippen LogP contribution < -0.4 is 0 Å². The lowest BCUT2D eigenvalue weighted by Crippen LogP contribution is -1.98. The zero-order valence-electron chi connectivity index (χ0n) is 11.4. The van der Waals surface area contributed by atoms with Gasteiger partial charge in [0.1, 0.15) is 5.01 Å². The summed E-state index contributed by atoms with van der Waals surface area (Å²) in [5, 5.41) is 9.88. The van der Waals surface area contributed by atoms with Crippen molar-refractivity contribution >= 4 is 17.3 Å². The second-order valence-corrected chi connectivity index (χ2v) is 6.45. The number of thiazole rings is 1. The average molecular weight is 287 g/mol. The average Bonchev–Trinajstić information content (AvgIpc) is 3.18. The first-order valence-corrected chi connectivity index (χ1v) is 7.73. The monoisotopic (exact) mass is 287 g/mol. The lowest BCUT2D eigenvalue weighted by atomic mass is 10.1. The van der Waals surface area contributed by atoms with Gasteiger partial charge in [-0.05, 0) is 26.2 Å². The van der Waals surface area contributed by atoms with Crippen LogP contribution in [0.1, 0.15) is 41.3 Å². The molecule has 0 unspecified atom stereocenters. The molecule has 1 fully saturated rings. The van der Waals surface area contributed by atoms with Gasteiger partial charge in [0.2, 0.25) is 0 Å². The number of aromatic nitrogens is 1. The van der Waals surface area contributed by atoms with Gasteiger partial charge in [-0.2, -0.15) is 0 Å². The highest BCUT2D eigenvalue weighted by molar-refractivity contribution is 7.15. The number of carboxylic acid groups (broad SMARTS) is 1. The quantitative estimate of drug-likeness (QED) is 0.903. The van der Waals surface area contributed by atoms with Crippen LogP contribution in [0.4, 0.5) is 0 Å². The molecule has 4 heteroatoms. The maximum absolute atomic E-state index is 10.8. The van der Waals surface area contributed by atoms with Crippen molar-refractivity contribution in [3.05, 3.63) is 40.4 Å². The van der Waals surface area contributed by atoms with Gasteiger partial charge in [-0.1, -0.05) is 29.8 Å². The Hall–Kier alpha value is -1.68. The zero-order valence-corrected chi connectivity index (χ0v) is 12.2. The van der Waals surface area contributed by atoms with Gasteiger partial charge in [0.15, 0.2) is 0 Å². The van der Waals surface area contributed by atoms with Gasteiger partial charge in [-0.25, -0.2) is 4.98 Å². The van der Waals surface area contributed by atoms with E-state index in [0.717, 1.165) is 21.1 Å². The maximum atomic E-state index is 10.8. The van der Waals surface area contributed by atoms with E-state index in [4.69, 9.17) is 10.1 Å². The SMILES string of the molecule is Cc1ccc(-c2nc(C3CC3)c(CCC(=O)O)s2)cc1. The smallest absolute Gasteiger partial charge is 0.303 e. The Balaban J connectivity index is 1.90. The molecule has 0 aliphatic heterocycles. The normalized spacial score (nSPS) is 14.4. The minimum Gasteiger partial charge on any atom is -0.481 e. The summed E-state index contributed by atoms with van der Waals surface area (Å²) < 4.78 is 0. The molecule has 0 amide bonds. The van der Waals surface area contributed by atoms with E-state index in [9.17, 15) is 4.79 Å². The Bertz CT molecular complexity index is 626. The zero-order chi connectivity index (χ0) is 14.1. The molecule has 3 rings (SSSR count). The first kappa shape index (κ1) is 13.3. The van der Waals surface area contributed by atoms with Crippen molar-refractivity contribution in [1.82, 2.24) is 4.98 Å². The van der Waals surface area contributed by atoms with Gasteiger partial charge >= 0.3 is 5.97 Å². The summed E-state index contributed by atoms with van der Waals surface area (Å²) in [6, 6.07) is 8.35. The predicted octanol–water partition coefficient (Wildman–Crippen LogP) is 4.01. The molecule has 1 aromatic heterocycles. The number of nitrogens with zero attached hydrogens (tertiary/aromatic N) is 1. The van der Waals surface area contributed by atoms with Gasteiger partial charge in [0.05, 0.1) is 12.1 Å². The number of hydrogen-bond acceptors (Lipinski definition) is 3. The fourth-order valence-corrected chi connectivity index (χ4v) is 3.41. The first-order valence-electron chi connectivity index (χ1n) is 6.92. The van der Waals surface area contributed by atoms with Crippen LogP contribution in [0.5, 0.6) is 0 Å². The molecule has 104 valence electrons. The van der Waals surface area contributed by atoms with Crippen molar-refractivity contribution < 1.29 is 9.90 Å². The number of carboxylic acids is 1. The summed E-state index contributed by atoms with van der Waals surface area (Å²) in [6.07, 6.45) is 3.17. The molecular weight excluding hydrogens is 270 g/mol. The molecule has 20 heavy (non-hydrogen) atoms. The minimum absolute atomic E-state index is 0.190. The van der Waals surface area contributed by atoms with E-state index in [1.165, 1.54) is 18.4 Å². The van der Waals surface area contributed by atoms with E-state index >= 15 is 0 Å². The van der Waals surface area contributed by atoms with Gasteiger partial charge in [0.25, 0.3) is 0 Å². The van der Waals surface area contributed by atoms with Gasteiger partial charge in [0, 0.05) is 16.4 Å². The molecular formula is C16H17NO2S. The molecule has 1 aliphatic carbocycles. The number of aryl methyl sites for hydroxylation is 2. The van der Waals surface area contributed by atoms with Crippen molar-refractivity contribution in [2.45, 2.75) is 38.5 Å². The van der Waals surface area contributed by atoms with Crippen LogP contribution in [-0.4, -0.2) is 16.1 Å². The second kappa shape index (κ2) is 5.37. The predicted molar refractivity (Wildman–Crippen MR) is 80.2 cm³/mol. The maximum Gasteiger partial charge on any atom is 0.303 e. The molecule has 0 saturated heterocycles. The van der Waals surface area contributed by atoms with Crippen LogP contribution in [0.15, 0.2) is 24.3 Å². The number of hydrogen-bond donors (Lipinski definition) is 1. The third-order valence-corrected chi connectivity index (χ3v) is 4.74. The van der Waals surface area contributed by atoms with Crippen molar-refractivity contribution in [3.63, 3.8) is 0 Å². The van der Waals surface area contributed by atoms with E-state index in [1.54, 1.807) is 11.3 Å². The molecule has 1 aliphatic rings. The third-order valence-electron chi connectivity index (χ3n) is 3.56. The Morgan fingerprint density at radius 2 is 2.05 bits per heavy atom. The standard InChI is InChI=1S/C16H17NO2S/c1-10-2-4-12(5-3-10)16-17-15(11-6-7-11)13(20-16)8-9-14(18)19/h2-5,11H,6-9H2,1H3,(H,18,19). The Kier molecular flexibility index (Phi) is 3.57. The third kappa shape index (κ3) is 2.90. The molecule has 3 nitrogen and oxygen atoms in total. The summed E-state index contributed by atoms with van der Waals surface area (Å²) in [7, 11) is 0. The molecule has 1 heterocycles. The Labute approximate surface area is 122 Å². The van der Waals surface area contributed by atoms with Crippen molar-refractivity contribution in [2.24, 2.45) is 0 Å². The van der Waals surface area contributed by atoms with Gasteiger partial charge in [-0.15, -0.1) is 11.3 Å². The molecule has 0 atom stereocenters. The topological polar surface area (TPSA) is 50.2 Å². The highest BCUT2D eigenvalue weighted by Gasteiger charge is 2.29. The van der Waals surface area contributed by atoms with E-state index in [2.05, 4.69) is 31.2 Å². The minimum atomic E-state index is -0.739. The van der Waals surface area contributed by atoms with Gasteiger partial charge < -0.3 is 5.11 Å². The van der Waals surface area contributed by atoms with Crippen molar-refractivity contribution in [3.8, 4) is 10.6 Å². The number of rotatable bonds is 5. The van der Waals surface area contributed by atoms with Crippen LogP contribution in [0, 0.1) is 6.92 Å². The summed E-state index contributed by atoms with van der Waals surface area (Å²) in [5.41, 5.74) is 3.51. The van der Waals surface area contributed by atoms with Crippen LogP contribution in [0.25, 0.3) is 10.6 Å². The summed E-state index contributed by atoms with van der Waals surface area (Å²) in [6.45, 7) is 2.07. The van der Waals surface area contributed by atoms with E-state index in [0.29, 0.717) is 12.3 Å². The lowest BCUT2D eigenvalue weighted by molar-refractivity contribution is -0.136. The highest BCUT2D eigenvalue weighted by atomic mass is 32.1. The molecule has 0 spiro atoms. The van der Waals surface area contributed by atoms with Crippen LogP contribution >= 0.6 is 11.3 Å². The largest absolute Gasteiger partial charge is 0.481 e. The highest BCUT2D eigenvalue weighted by Crippen LogP contribution is 2.44. The molecule has 1 aromatic carbocycles. The van der Waals surface area contributed by atoms with Crippen LogP contribution in [0.2, 0.25) is 0 Å². The second-order valence-electron chi connectivity index (χ2n) is 5.36. The first-order chi connectivity index (χ1) is 9.63. The number of carbonyl (C=O) groups is 1. The number of benzene rings is 1. The van der Waals surface area contributed by atoms with Crippen LogP contribution in [-0.2, 0) is 11.2 Å². The summed E-state index contributed by atoms with van der Waals surface area (Å²) in [4.78, 5) is 16.7. The summed E-state index contributed by atoms with van der Waals surface area (Å²) >= 11 is 1.65. The van der Waals surface area contributed by atoms with Crippen molar-refractivity contribution in [2.75, 3.05) is 0 Å². The fourth-order valence-electron chi connectivity index (χ4n) is 2.26. The molecule has 0 radical (unpaired) electrons. The lowest BCUT2D eigenvalue weighted by Gasteiger charge is -1.97. The molecule has 1 N–H and O–H groups in total. The molecule has 1 saturated carbocycles. The van der Waals surface area contributed by atoms with E-state index < -0.39 is 5.97 Å². The molecule has 2 aromatic rings. The van der Waals surface area contributed by atoms with E-state index in [-0.39, 0.29) is 6.42 Å². The van der Waals surface area contributed by atoms with Crippen molar-refractivity contribution in [1.29, 1.82) is 0 Å². The summed E-state index contributed by atoms with van der Waals surface area (Å²) in [5.74, 6) is -0.175. The van der Waals surface area contributed by atoms with Crippen LogP contribution in [0.3, 0.4) is 0 Å². The fraction of sp³-hybridized carbons (Fsp3) is 0.375. The Morgan fingerprint density at radius 1 is 1.35 bits per heavy atom. The van der Waals surface area contributed by atoms with E-state index in [1.807, 2.05) is 0 Å². The Morgan fingerprint density at radius 3 is 2.65 bits per heavy atom. The molecule has 0 bridgehead atoms. The number of aliphatic carboxylic acids is 1.